The van der Waals surface area contributed by atoms with Gasteiger partial charge in [-0.3, -0.25) is 19.4 Å². The minimum absolute atomic E-state index is 0.00485. The Morgan fingerprint density at radius 2 is 1.59 bits per heavy atom. The Morgan fingerprint density at radius 3 is 2.14 bits per heavy atom. The molecule has 4 rings (SSSR count). The number of esters is 1. The van der Waals surface area contributed by atoms with Crippen LogP contribution in [0.5, 0.6) is 5.75 Å². The number of piperazine rings is 1. The molecular weight excluding hydrogens is 572 g/mol. The van der Waals surface area contributed by atoms with Crippen molar-refractivity contribution in [2.45, 2.75) is 71.3 Å². The highest BCUT2D eigenvalue weighted by Gasteiger charge is 2.48. The zero-order valence-electron chi connectivity index (χ0n) is 25.6. The molecule has 2 aromatic rings. The Morgan fingerprint density at radius 1 is 0.977 bits per heavy atom. The van der Waals surface area contributed by atoms with Gasteiger partial charge >= 0.3 is 18.0 Å². The summed E-state index contributed by atoms with van der Waals surface area (Å²) in [5, 5.41) is 10.5. The fourth-order valence-electron chi connectivity index (χ4n) is 5.58. The van der Waals surface area contributed by atoms with Gasteiger partial charge in [0.1, 0.15) is 11.3 Å². The van der Waals surface area contributed by atoms with Crippen molar-refractivity contribution in [1.82, 2.24) is 14.8 Å². The summed E-state index contributed by atoms with van der Waals surface area (Å²) in [4.78, 5) is 72.2. The number of fused-ring (bicyclic) bond motifs is 1. The van der Waals surface area contributed by atoms with Gasteiger partial charge in [0.05, 0.1) is 30.3 Å². The fourth-order valence-corrected chi connectivity index (χ4v) is 5.58. The highest BCUT2D eigenvalue weighted by molar-refractivity contribution is 6.05. The monoisotopic (exact) mass is 612 g/mol. The first-order chi connectivity index (χ1) is 20.9. The molecule has 1 aromatic carbocycles. The van der Waals surface area contributed by atoms with E-state index in [0.717, 1.165) is 11.1 Å². The van der Waals surface area contributed by atoms with Crippen LogP contribution in [0.25, 0.3) is 10.9 Å². The predicted octanol–water partition coefficient (Wildman–Crippen LogP) is 3.06. The second kappa shape index (κ2) is 13.5. The van der Waals surface area contributed by atoms with Crippen molar-refractivity contribution in [2.75, 3.05) is 39.4 Å². The summed E-state index contributed by atoms with van der Waals surface area (Å²) in [6.45, 7) is 8.37. The molecule has 1 aliphatic carbocycles. The predicted molar refractivity (Wildman–Crippen MR) is 158 cm³/mol. The topological polar surface area (TPSA) is 179 Å². The lowest BCUT2D eigenvalue weighted by molar-refractivity contribution is -0.163. The van der Waals surface area contributed by atoms with Gasteiger partial charge in [-0.15, -0.1) is 0 Å². The Labute approximate surface area is 255 Å². The molecule has 2 fully saturated rings. The zero-order chi connectivity index (χ0) is 32.2. The third-order valence-corrected chi connectivity index (χ3v) is 8.36. The van der Waals surface area contributed by atoms with E-state index >= 15 is 0 Å². The average molecular weight is 613 g/mol. The maximum Gasteiger partial charge on any atom is 0.409 e. The third-order valence-electron chi connectivity index (χ3n) is 8.36. The molecule has 1 atom stereocenters. The van der Waals surface area contributed by atoms with E-state index in [1.54, 1.807) is 30.9 Å². The van der Waals surface area contributed by atoms with Crippen molar-refractivity contribution < 1.29 is 43.3 Å². The molecular formula is C31H40N4O9. The largest absolute Gasteiger partial charge is 0.478 e. The molecule has 1 unspecified atom stereocenters. The number of hydrogen-bond donors (Lipinski definition) is 2. The summed E-state index contributed by atoms with van der Waals surface area (Å²) < 4.78 is 16.4. The molecule has 238 valence electrons. The minimum atomic E-state index is -1.55. The van der Waals surface area contributed by atoms with E-state index in [-0.39, 0.29) is 82.1 Å². The van der Waals surface area contributed by atoms with Crippen molar-refractivity contribution in [3.63, 3.8) is 0 Å². The normalized spacial score (nSPS) is 16.5. The van der Waals surface area contributed by atoms with E-state index in [1.165, 1.54) is 4.90 Å². The van der Waals surface area contributed by atoms with Crippen LogP contribution in [0.3, 0.4) is 0 Å². The molecule has 3 amide bonds. The van der Waals surface area contributed by atoms with Crippen LogP contribution >= 0.6 is 0 Å². The third kappa shape index (κ3) is 6.56. The number of carbonyl (C=O) groups excluding carboxylic acids is 4. The number of nitrogens with two attached hydrogens (primary N) is 1. The van der Waals surface area contributed by atoms with Crippen molar-refractivity contribution in [3.05, 3.63) is 34.5 Å². The van der Waals surface area contributed by atoms with Gasteiger partial charge in [0.15, 0.2) is 0 Å². The number of rotatable bonds is 11. The number of hydrogen-bond acceptors (Lipinski definition) is 9. The number of carboxylic acids is 1. The molecule has 1 saturated carbocycles. The molecule has 0 bridgehead atoms. The molecule has 2 aliphatic rings. The van der Waals surface area contributed by atoms with Crippen molar-refractivity contribution >= 4 is 40.7 Å². The van der Waals surface area contributed by atoms with Gasteiger partial charge in [-0.25, -0.2) is 9.59 Å². The van der Waals surface area contributed by atoms with Crippen LogP contribution < -0.4 is 10.5 Å². The lowest BCUT2D eigenvalue weighted by Gasteiger charge is -2.39. The quantitative estimate of drug-likeness (QED) is 0.358. The number of ether oxygens (including phenoxy) is 3. The highest BCUT2D eigenvalue weighted by Crippen LogP contribution is 2.43. The summed E-state index contributed by atoms with van der Waals surface area (Å²) in [6, 6.07) is 3.55. The SMILES string of the molecule is CCOC(=O)CCC(C(=O)N1CCN(C(=O)OCC)CC1)c1nc2cc(C)c(C)cc2c(OC2(C(=O)O)CCC2)c1C(N)=O. The van der Waals surface area contributed by atoms with Gasteiger partial charge in [0.2, 0.25) is 11.5 Å². The van der Waals surface area contributed by atoms with Gasteiger partial charge in [-0.05, 0) is 76.6 Å². The lowest BCUT2D eigenvalue weighted by Crippen LogP contribution is -2.52. The number of benzene rings is 1. The average Bonchev–Trinajstić information content (AvgIpc) is 2.95. The van der Waals surface area contributed by atoms with Gasteiger partial charge in [0.25, 0.3) is 5.91 Å². The van der Waals surface area contributed by atoms with E-state index in [9.17, 15) is 29.1 Å². The molecule has 2 heterocycles. The van der Waals surface area contributed by atoms with Gasteiger partial charge < -0.3 is 34.9 Å². The minimum Gasteiger partial charge on any atom is -0.478 e. The molecule has 1 aromatic heterocycles. The Bertz CT molecular complexity index is 1460. The Balaban J connectivity index is 1.84. The number of carbonyl (C=O) groups is 5. The second-order valence-corrected chi connectivity index (χ2v) is 11.2. The number of nitrogens with zero attached hydrogens (tertiary/aromatic N) is 3. The van der Waals surface area contributed by atoms with E-state index in [0.29, 0.717) is 17.3 Å². The molecule has 13 heteroatoms. The highest BCUT2D eigenvalue weighted by atomic mass is 16.6. The van der Waals surface area contributed by atoms with Crippen LogP contribution in [0.2, 0.25) is 0 Å². The Hall–Kier alpha value is -4.42. The molecule has 0 radical (unpaired) electrons. The molecule has 3 N–H and O–H groups in total. The number of amides is 3. The zero-order valence-corrected chi connectivity index (χ0v) is 25.6. The summed E-state index contributed by atoms with van der Waals surface area (Å²) in [5.41, 5.74) is 6.34. The maximum absolute atomic E-state index is 14.2. The second-order valence-electron chi connectivity index (χ2n) is 11.2. The van der Waals surface area contributed by atoms with E-state index < -0.39 is 41.4 Å². The number of primary amides is 1. The number of aryl methyl sites for hydroxylation is 2. The molecule has 1 saturated heterocycles. The first-order valence-electron chi connectivity index (χ1n) is 15.0. The van der Waals surface area contributed by atoms with Crippen LogP contribution in [0.1, 0.15) is 79.0 Å². The van der Waals surface area contributed by atoms with Crippen molar-refractivity contribution in [2.24, 2.45) is 5.73 Å². The van der Waals surface area contributed by atoms with Crippen LogP contribution in [-0.4, -0.2) is 94.7 Å². The molecule has 44 heavy (non-hydrogen) atoms. The summed E-state index contributed by atoms with van der Waals surface area (Å²) in [5.74, 6) is -4.21. The first kappa shape index (κ1) is 32.5. The van der Waals surface area contributed by atoms with Crippen LogP contribution in [0.15, 0.2) is 12.1 Å². The molecule has 0 spiro atoms. The van der Waals surface area contributed by atoms with E-state index in [4.69, 9.17) is 24.9 Å². The number of carboxylic acid groups (broad SMARTS) is 1. The first-order valence-corrected chi connectivity index (χ1v) is 15.0. The summed E-state index contributed by atoms with van der Waals surface area (Å²) in [6.07, 6.45) is 0.434. The van der Waals surface area contributed by atoms with Crippen molar-refractivity contribution in [1.29, 1.82) is 0 Å². The fraction of sp³-hybridized carbons (Fsp3) is 0.548. The summed E-state index contributed by atoms with van der Waals surface area (Å²) in [7, 11) is 0. The Kier molecular flexibility index (Phi) is 9.95. The number of aromatic nitrogens is 1. The van der Waals surface area contributed by atoms with Crippen LogP contribution in [0.4, 0.5) is 4.79 Å². The summed E-state index contributed by atoms with van der Waals surface area (Å²) >= 11 is 0. The van der Waals surface area contributed by atoms with Gasteiger partial charge in [-0.1, -0.05) is 0 Å². The lowest BCUT2D eigenvalue weighted by atomic mass is 9.80. The molecule has 13 nitrogen and oxygen atoms in total. The number of pyridine rings is 1. The standard InChI is InChI=1S/C31H40N4O9/c1-5-42-23(36)9-8-20(28(38)34-12-14-35(15-13-34)30(41)43-6-2)25-24(27(32)37)26(44-31(29(39)40)10-7-11-31)21-16-18(3)19(4)17-22(21)33-25/h16-17,20H,5-15H2,1-4H3,(H2,32,37)(H,39,40). The van der Waals surface area contributed by atoms with Crippen LogP contribution in [-0.2, 0) is 23.9 Å². The maximum atomic E-state index is 14.2. The van der Waals surface area contributed by atoms with Gasteiger partial charge in [-0.2, -0.15) is 0 Å². The van der Waals surface area contributed by atoms with Gasteiger partial charge in [0, 0.05) is 38.0 Å². The van der Waals surface area contributed by atoms with E-state index in [1.807, 2.05) is 13.8 Å². The van der Waals surface area contributed by atoms with Crippen LogP contribution in [0, 0.1) is 13.8 Å². The smallest absolute Gasteiger partial charge is 0.409 e. The number of aliphatic carboxylic acids is 1. The van der Waals surface area contributed by atoms with Crippen molar-refractivity contribution in [3.8, 4) is 5.75 Å². The van der Waals surface area contributed by atoms with E-state index in [2.05, 4.69) is 0 Å². The molecule has 1 aliphatic heterocycles.